The normalized spacial score (nSPS) is 14.4. The second-order valence-corrected chi connectivity index (χ2v) is 6.40. The van der Waals surface area contributed by atoms with Crippen LogP contribution >= 0.6 is 11.8 Å². The van der Waals surface area contributed by atoms with Gasteiger partial charge in [0.2, 0.25) is 0 Å². The van der Waals surface area contributed by atoms with Crippen LogP contribution in [-0.2, 0) is 0 Å². The third kappa shape index (κ3) is 5.43. The Balaban J connectivity index is 2.59. The summed E-state index contributed by atoms with van der Waals surface area (Å²) in [6.07, 6.45) is 0. The van der Waals surface area contributed by atoms with E-state index in [-0.39, 0.29) is 0 Å². The Morgan fingerprint density at radius 3 is 2.37 bits per heavy atom. The number of hydrogen-bond donors (Lipinski definition) is 1. The monoisotopic (exact) mass is 282 g/mol. The van der Waals surface area contributed by atoms with Crippen LogP contribution < -0.4 is 10.1 Å². The molecule has 0 saturated heterocycles. The molecule has 0 heterocycles. The molecule has 3 nitrogen and oxygen atoms in total. The molecule has 0 aliphatic carbocycles. The van der Waals surface area contributed by atoms with Crippen LogP contribution in [-0.4, -0.2) is 50.7 Å². The molecule has 1 rings (SSSR count). The van der Waals surface area contributed by atoms with Gasteiger partial charge in [0.05, 0.1) is 7.11 Å². The van der Waals surface area contributed by atoms with E-state index in [0.29, 0.717) is 11.3 Å². The van der Waals surface area contributed by atoms with Crippen LogP contribution in [0, 0.1) is 0 Å². The second kappa shape index (κ2) is 8.46. The molecule has 0 aliphatic rings. The molecule has 0 aromatic heterocycles. The minimum atomic E-state index is 0.373. The zero-order chi connectivity index (χ0) is 14.3. The lowest BCUT2D eigenvalue weighted by Crippen LogP contribution is -2.26. The first kappa shape index (κ1) is 16.3. The molecule has 0 amide bonds. The van der Waals surface area contributed by atoms with E-state index in [2.05, 4.69) is 43.4 Å². The molecule has 2 atom stereocenters. The fourth-order valence-corrected chi connectivity index (χ4v) is 3.33. The average Bonchev–Trinajstić information content (AvgIpc) is 2.40. The quantitative estimate of drug-likeness (QED) is 0.792. The van der Waals surface area contributed by atoms with Crippen LogP contribution in [0.15, 0.2) is 24.3 Å². The van der Waals surface area contributed by atoms with E-state index in [1.807, 2.05) is 30.9 Å². The molecular weight excluding hydrogens is 256 g/mol. The van der Waals surface area contributed by atoms with Crippen molar-refractivity contribution in [3.05, 3.63) is 29.8 Å². The Morgan fingerprint density at radius 2 is 1.89 bits per heavy atom. The van der Waals surface area contributed by atoms with Crippen molar-refractivity contribution < 1.29 is 4.74 Å². The summed E-state index contributed by atoms with van der Waals surface area (Å²) in [7, 11) is 7.96. The topological polar surface area (TPSA) is 24.5 Å². The standard InChI is InChI=1S/C15H26N2OS/c1-12(19-11-10-17(3)4)15(16-2)13-6-8-14(18-5)9-7-13/h6-9,12,15-16H,10-11H2,1-5H3. The zero-order valence-electron chi connectivity index (χ0n) is 12.6. The van der Waals surface area contributed by atoms with Crippen molar-refractivity contribution in [1.82, 2.24) is 10.2 Å². The van der Waals surface area contributed by atoms with Crippen LogP contribution in [0.4, 0.5) is 0 Å². The first-order valence-electron chi connectivity index (χ1n) is 6.66. The van der Waals surface area contributed by atoms with Gasteiger partial charge in [-0.15, -0.1) is 0 Å². The maximum atomic E-state index is 5.20. The molecule has 108 valence electrons. The van der Waals surface area contributed by atoms with Crippen molar-refractivity contribution in [2.24, 2.45) is 0 Å². The molecule has 1 N–H and O–H groups in total. The van der Waals surface area contributed by atoms with Crippen LogP contribution in [0.5, 0.6) is 5.75 Å². The molecule has 4 heteroatoms. The lowest BCUT2D eigenvalue weighted by atomic mass is 10.0. The van der Waals surface area contributed by atoms with E-state index in [1.54, 1.807) is 7.11 Å². The van der Waals surface area contributed by atoms with E-state index < -0.39 is 0 Å². The maximum absolute atomic E-state index is 5.20. The summed E-state index contributed by atoms with van der Waals surface area (Å²) in [5.41, 5.74) is 1.31. The first-order chi connectivity index (χ1) is 9.08. The largest absolute Gasteiger partial charge is 0.497 e. The molecule has 0 fully saturated rings. The number of hydrogen-bond acceptors (Lipinski definition) is 4. The van der Waals surface area contributed by atoms with Gasteiger partial charge in [0.25, 0.3) is 0 Å². The minimum absolute atomic E-state index is 0.373. The Bertz CT molecular complexity index is 354. The second-order valence-electron chi connectivity index (χ2n) is 4.92. The highest BCUT2D eigenvalue weighted by atomic mass is 32.2. The Hall–Kier alpha value is -0.710. The number of nitrogens with one attached hydrogen (secondary N) is 1. The number of methoxy groups -OCH3 is 1. The SMILES string of the molecule is CNC(c1ccc(OC)cc1)C(C)SCCN(C)C. The van der Waals surface area contributed by atoms with Gasteiger partial charge in [0, 0.05) is 23.6 Å². The third-order valence-corrected chi connectivity index (χ3v) is 4.39. The number of nitrogens with zero attached hydrogens (tertiary/aromatic N) is 1. The molecule has 0 spiro atoms. The lowest BCUT2D eigenvalue weighted by Gasteiger charge is -2.24. The van der Waals surface area contributed by atoms with Crippen molar-refractivity contribution in [2.75, 3.05) is 40.6 Å². The predicted octanol–water partition coefficient (Wildman–Crippen LogP) is 2.64. The maximum Gasteiger partial charge on any atom is 0.118 e. The smallest absolute Gasteiger partial charge is 0.118 e. The highest BCUT2D eigenvalue weighted by molar-refractivity contribution is 7.99. The summed E-state index contributed by atoms with van der Waals surface area (Å²) >= 11 is 2.01. The lowest BCUT2D eigenvalue weighted by molar-refractivity contribution is 0.414. The Kier molecular flexibility index (Phi) is 7.28. The van der Waals surface area contributed by atoms with Crippen molar-refractivity contribution in [2.45, 2.75) is 18.2 Å². The van der Waals surface area contributed by atoms with Gasteiger partial charge in [0.15, 0.2) is 0 Å². The Labute approximate surface area is 121 Å². The number of rotatable bonds is 8. The highest BCUT2D eigenvalue weighted by Crippen LogP contribution is 2.27. The summed E-state index contributed by atoms with van der Waals surface area (Å²) < 4.78 is 5.20. The fourth-order valence-electron chi connectivity index (χ4n) is 2.00. The van der Waals surface area contributed by atoms with Gasteiger partial charge in [-0.3, -0.25) is 0 Å². The number of thioether (sulfide) groups is 1. The van der Waals surface area contributed by atoms with Gasteiger partial charge < -0.3 is 15.0 Å². The van der Waals surface area contributed by atoms with E-state index in [0.717, 1.165) is 18.0 Å². The molecule has 1 aromatic carbocycles. The highest BCUT2D eigenvalue weighted by Gasteiger charge is 2.17. The van der Waals surface area contributed by atoms with E-state index >= 15 is 0 Å². The van der Waals surface area contributed by atoms with Crippen molar-refractivity contribution in [3.63, 3.8) is 0 Å². The summed E-state index contributed by atoms with van der Waals surface area (Å²) in [6, 6.07) is 8.71. The van der Waals surface area contributed by atoms with Gasteiger partial charge in [-0.25, -0.2) is 0 Å². The van der Waals surface area contributed by atoms with Gasteiger partial charge in [0.1, 0.15) is 5.75 Å². The van der Waals surface area contributed by atoms with Gasteiger partial charge in [-0.2, -0.15) is 11.8 Å². The van der Waals surface area contributed by atoms with E-state index in [4.69, 9.17) is 4.74 Å². The summed E-state index contributed by atoms with van der Waals surface area (Å²) in [4.78, 5) is 2.22. The first-order valence-corrected chi connectivity index (χ1v) is 7.71. The fraction of sp³-hybridized carbons (Fsp3) is 0.600. The van der Waals surface area contributed by atoms with Gasteiger partial charge >= 0.3 is 0 Å². The number of ether oxygens (including phenoxy) is 1. The molecule has 1 aromatic rings. The van der Waals surface area contributed by atoms with Crippen LogP contribution in [0.25, 0.3) is 0 Å². The summed E-state index contributed by atoms with van der Waals surface area (Å²) in [6.45, 7) is 3.40. The van der Waals surface area contributed by atoms with Crippen LogP contribution in [0.1, 0.15) is 18.5 Å². The van der Waals surface area contributed by atoms with Gasteiger partial charge in [-0.1, -0.05) is 19.1 Å². The predicted molar refractivity (Wildman–Crippen MR) is 85.3 cm³/mol. The van der Waals surface area contributed by atoms with Crippen LogP contribution in [0.2, 0.25) is 0 Å². The van der Waals surface area contributed by atoms with Gasteiger partial charge in [-0.05, 0) is 38.8 Å². The van der Waals surface area contributed by atoms with Crippen molar-refractivity contribution in [3.8, 4) is 5.75 Å². The molecule has 0 aliphatic heterocycles. The summed E-state index contributed by atoms with van der Waals surface area (Å²) in [5, 5.41) is 3.96. The molecular formula is C15H26N2OS. The van der Waals surface area contributed by atoms with Crippen molar-refractivity contribution in [1.29, 1.82) is 0 Å². The van der Waals surface area contributed by atoms with Crippen molar-refractivity contribution >= 4 is 11.8 Å². The minimum Gasteiger partial charge on any atom is -0.497 e. The Morgan fingerprint density at radius 1 is 1.26 bits per heavy atom. The molecule has 0 radical (unpaired) electrons. The van der Waals surface area contributed by atoms with E-state index in [1.165, 1.54) is 5.56 Å². The number of benzene rings is 1. The van der Waals surface area contributed by atoms with Crippen LogP contribution in [0.3, 0.4) is 0 Å². The zero-order valence-corrected chi connectivity index (χ0v) is 13.5. The summed E-state index contributed by atoms with van der Waals surface area (Å²) in [5.74, 6) is 2.06. The third-order valence-electron chi connectivity index (χ3n) is 3.17. The molecule has 0 bridgehead atoms. The molecule has 2 unspecified atom stereocenters. The molecule has 0 saturated carbocycles. The molecule has 19 heavy (non-hydrogen) atoms. The average molecular weight is 282 g/mol. The van der Waals surface area contributed by atoms with E-state index in [9.17, 15) is 0 Å².